The summed E-state index contributed by atoms with van der Waals surface area (Å²) in [5, 5.41) is 7.90. The third kappa shape index (κ3) is 4.96. The van der Waals surface area contributed by atoms with Gasteiger partial charge in [-0.2, -0.15) is 5.10 Å². The summed E-state index contributed by atoms with van der Waals surface area (Å²) in [5.74, 6) is 1.20. The van der Waals surface area contributed by atoms with E-state index >= 15 is 0 Å². The highest BCUT2D eigenvalue weighted by atomic mass is 35.5. The van der Waals surface area contributed by atoms with E-state index in [-0.39, 0.29) is 5.91 Å². The van der Waals surface area contributed by atoms with Gasteiger partial charge in [-0.15, -0.1) is 0 Å². The average molecular weight is 421 g/mol. The van der Waals surface area contributed by atoms with Gasteiger partial charge < -0.3 is 9.73 Å². The van der Waals surface area contributed by atoms with E-state index in [1.165, 1.54) is 5.56 Å². The molecule has 7 heteroatoms. The highest BCUT2D eigenvalue weighted by Gasteiger charge is 2.10. The van der Waals surface area contributed by atoms with Crippen molar-refractivity contribution in [2.75, 3.05) is 0 Å². The molecule has 152 valence electrons. The fraction of sp³-hybridized carbons (Fsp3) is 0.174. The van der Waals surface area contributed by atoms with Crippen LogP contribution in [0.1, 0.15) is 23.4 Å². The van der Waals surface area contributed by atoms with Crippen LogP contribution in [0.2, 0.25) is 5.02 Å². The van der Waals surface area contributed by atoms with Crippen molar-refractivity contribution in [1.29, 1.82) is 0 Å². The monoisotopic (exact) mass is 420 g/mol. The van der Waals surface area contributed by atoms with Crippen LogP contribution in [0.5, 0.6) is 0 Å². The molecule has 1 amide bonds. The maximum absolute atomic E-state index is 12.2. The first-order valence-electron chi connectivity index (χ1n) is 9.65. The van der Waals surface area contributed by atoms with Crippen molar-refractivity contribution < 1.29 is 9.21 Å². The number of amides is 1. The van der Waals surface area contributed by atoms with Gasteiger partial charge in [-0.05, 0) is 31.2 Å². The molecule has 6 nitrogen and oxygen atoms in total. The van der Waals surface area contributed by atoms with Crippen LogP contribution in [0.15, 0.2) is 71.5 Å². The second-order valence-electron chi connectivity index (χ2n) is 7.03. The number of benzene rings is 2. The highest BCUT2D eigenvalue weighted by molar-refractivity contribution is 6.30. The third-order valence-electron chi connectivity index (χ3n) is 4.67. The Morgan fingerprint density at radius 1 is 1.10 bits per heavy atom. The summed E-state index contributed by atoms with van der Waals surface area (Å²) in [5.41, 5.74) is 3.98. The average Bonchev–Trinajstić information content (AvgIpc) is 3.42. The molecule has 0 aliphatic carbocycles. The number of carbonyl (C=O) groups is 1. The highest BCUT2D eigenvalue weighted by Crippen LogP contribution is 2.21. The van der Waals surface area contributed by atoms with Crippen LogP contribution in [0.3, 0.4) is 0 Å². The Balaban J connectivity index is 1.27. The fourth-order valence-corrected chi connectivity index (χ4v) is 3.10. The molecule has 2 aromatic carbocycles. The Bertz CT molecular complexity index is 1040. The van der Waals surface area contributed by atoms with Gasteiger partial charge in [-0.3, -0.25) is 4.79 Å². The molecule has 0 bridgehead atoms. The van der Waals surface area contributed by atoms with Gasteiger partial charge in [0.25, 0.3) is 0 Å². The van der Waals surface area contributed by atoms with E-state index in [1.54, 1.807) is 17.1 Å². The summed E-state index contributed by atoms with van der Waals surface area (Å²) in [6.07, 6.45) is 6.06. The molecule has 0 saturated heterocycles. The van der Waals surface area contributed by atoms with Crippen molar-refractivity contribution in [1.82, 2.24) is 20.1 Å². The molecule has 0 radical (unpaired) electrons. The molecule has 0 spiro atoms. The van der Waals surface area contributed by atoms with E-state index < -0.39 is 0 Å². The summed E-state index contributed by atoms with van der Waals surface area (Å²) in [6.45, 7) is 2.45. The van der Waals surface area contributed by atoms with Crippen molar-refractivity contribution in [2.45, 2.75) is 26.3 Å². The van der Waals surface area contributed by atoms with Gasteiger partial charge in [0.05, 0.1) is 18.1 Å². The number of hydrogen-bond acceptors (Lipinski definition) is 4. The van der Waals surface area contributed by atoms with Gasteiger partial charge in [-0.1, -0.05) is 41.4 Å². The summed E-state index contributed by atoms with van der Waals surface area (Å²) < 4.78 is 7.52. The quantitative estimate of drug-likeness (QED) is 0.468. The van der Waals surface area contributed by atoms with Crippen LogP contribution in [0.25, 0.3) is 17.0 Å². The zero-order valence-electron chi connectivity index (χ0n) is 16.5. The Labute approximate surface area is 179 Å². The first kappa shape index (κ1) is 19.9. The van der Waals surface area contributed by atoms with Crippen LogP contribution in [-0.2, 0) is 17.8 Å². The second-order valence-corrected chi connectivity index (χ2v) is 7.47. The van der Waals surface area contributed by atoms with Gasteiger partial charge in [0.1, 0.15) is 0 Å². The van der Waals surface area contributed by atoms with Crippen LogP contribution in [-0.4, -0.2) is 20.7 Å². The molecular weight excluding hydrogens is 400 g/mol. The first-order valence-corrected chi connectivity index (χ1v) is 10.0. The largest absolute Gasteiger partial charge is 0.441 e. The third-order valence-corrected chi connectivity index (χ3v) is 4.92. The number of nitrogens with zero attached hydrogens (tertiary/aromatic N) is 3. The van der Waals surface area contributed by atoms with Gasteiger partial charge >= 0.3 is 0 Å². The predicted molar refractivity (Wildman–Crippen MR) is 115 cm³/mol. The smallest absolute Gasteiger partial charge is 0.220 e. The second kappa shape index (κ2) is 8.97. The van der Waals surface area contributed by atoms with Gasteiger partial charge in [0, 0.05) is 41.7 Å². The topological polar surface area (TPSA) is 73.0 Å². The van der Waals surface area contributed by atoms with E-state index in [2.05, 4.69) is 15.4 Å². The standard InChI is InChI=1S/C23H21ClN4O2/c1-16-2-4-18(5-3-16)21-14-26-23(30-21)11-10-22(29)25-12-17-13-27-28(15-17)20-8-6-19(24)7-9-20/h2-9,13-15H,10-12H2,1H3,(H,25,29). The van der Waals surface area contributed by atoms with Crippen molar-refractivity contribution in [3.63, 3.8) is 0 Å². The Hall–Kier alpha value is -3.38. The van der Waals surface area contributed by atoms with Crippen molar-refractivity contribution in [2.24, 2.45) is 0 Å². The minimum Gasteiger partial charge on any atom is -0.441 e. The Morgan fingerprint density at radius 2 is 1.87 bits per heavy atom. The zero-order chi connectivity index (χ0) is 20.9. The van der Waals surface area contributed by atoms with Crippen LogP contribution in [0, 0.1) is 6.92 Å². The summed E-state index contributed by atoms with van der Waals surface area (Å²) in [6, 6.07) is 15.4. The van der Waals surface area contributed by atoms with Crippen molar-refractivity contribution >= 4 is 17.5 Å². The van der Waals surface area contributed by atoms with Crippen LogP contribution >= 0.6 is 11.6 Å². The molecule has 0 fully saturated rings. The van der Waals surface area contributed by atoms with Gasteiger partial charge in [-0.25, -0.2) is 9.67 Å². The first-order chi connectivity index (χ1) is 14.6. The Morgan fingerprint density at radius 3 is 2.63 bits per heavy atom. The zero-order valence-corrected chi connectivity index (χ0v) is 17.3. The predicted octanol–water partition coefficient (Wildman–Crippen LogP) is 4.74. The molecule has 4 aromatic rings. The maximum Gasteiger partial charge on any atom is 0.220 e. The van der Waals surface area contributed by atoms with Crippen LogP contribution in [0.4, 0.5) is 0 Å². The van der Waals surface area contributed by atoms with Crippen molar-refractivity contribution in [3.05, 3.63) is 89.2 Å². The molecule has 1 N–H and O–H groups in total. The number of carbonyl (C=O) groups excluding carboxylic acids is 1. The van der Waals surface area contributed by atoms with E-state index in [9.17, 15) is 4.79 Å². The molecule has 0 atom stereocenters. The number of hydrogen-bond donors (Lipinski definition) is 1. The lowest BCUT2D eigenvalue weighted by atomic mass is 10.1. The molecule has 4 rings (SSSR count). The molecule has 2 heterocycles. The van der Waals surface area contributed by atoms with Gasteiger partial charge in [0.2, 0.25) is 5.91 Å². The summed E-state index contributed by atoms with van der Waals surface area (Å²) >= 11 is 5.91. The fourth-order valence-electron chi connectivity index (χ4n) is 2.97. The molecule has 0 saturated carbocycles. The number of halogens is 1. The number of oxazole rings is 1. The van der Waals surface area contributed by atoms with E-state index in [0.717, 1.165) is 16.8 Å². The minimum absolute atomic E-state index is 0.0654. The van der Waals surface area contributed by atoms with E-state index in [1.807, 2.05) is 61.7 Å². The number of aromatic nitrogens is 3. The minimum atomic E-state index is -0.0654. The molecule has 0 aliphatic heterocycles. The van der Waals surface area contributed by atoms with Crippen molar-refractivity contribution in [3.8, 4) is 17.0 Å². The summed E-state index contributed by atoms with van der Waals surface area (Å²) in [7, 11) is 0. The normalized spacial score (nSPS) is 10.9. The van der Waals surface area contributed by atoms with E-state index in [0.29, 0.717) is 36.1 Å². The maximum atomic E-state index is 12.2. The molecule has 0 aliphatic rings. The lowest BCUT2D eigenvalue weighted by molar-refractivity contribution is -0.121. The molecule has 0 unspecified atom stereocenters. The van der Waals surface area contributed by atoms with Gasteiger partial charge in [0.15, 0.2) is 11.7 Å². The van der Waals surface area contributed by atoms with E-state index in [4.69, 9.17) is 16.0 Å². The summed E-state index contributed by atoms with van der Waals surface area (Å²) in [4.78, 5) is 16.5. The number of nitrogens with one attached hydrogen (secondary N) is 1. The Kier molecular flexibility index (Phi) is 5.95. The lowest BCUT2D eigenvalue weighted by Gasteiger charge is -2.03. The molecule has 2 aromatic heterocycles. The number of aryl methyl sites for hydroxylation is 2. The molecule has 30 heavy (non-hydrogen) atoms. The van der Waals surface area contributed by atoms with Crippen LogP contribution < -0.4 is 5.32 Å². The lowest BCUT2D eigenvalue weighted by Crippen LogP contribution is -2.22. The molecular formula is C23H21ClN4O2. The number of rotatable bonds is 7. The SMILES string of the molecule is Cc1ccc(-c2cnc(CCC(=O)NCc3cnn(-c4ccc(Cl)cc4)c3)o2)cc1.